The van der Waals surface area contributed by atoms with E-state index in [9.17, 15) is 4.79 Å². The van der Waals surface area contributed by atoms with Gasteiger partial charge >= 0.3 is 0 Å². The Morgan fingerprint density at radius 2 is 1.97 bits per heavy atom. The van der Waals surface area contributed by atoms with Crippen LogP contribution in [0.2, 0.25) is 0 Å². The molecule has 1 fully saturated rings. The molecule has 0 saturated heterocycles. The third-order valence-corrected chi connectivity index (χ3v) is 6.15. The largest absolute Gasteiger partial charge is 0.497 e. The minimum Gasteiger partial charge on any atom is -0.497 e. The molecule has 2 aromatic carbocycles. The van der Waals surface area contributed by atoms with Crippen molar-refractivity contribution < 1.29 is 14.3 Å². The molecule has 8 heteroatoms. The van der Waals surface area contributed by atoms with Gasteiger partial charge < -0.3 is 14.8 Å². The predicted octanol–water partition coefficient (Wildman–Crippen LogP) is 4.16. The molecular weight excluding hydrogens is 412 g/mol. The van der Waals surface area contributed by atoms with Crippen LogP contribution in [-0.4, -0.2) is 41.1 Å². The Morgan fingerprint density at radius 3 is 2.65 bits per heavy atom. The van der Waals surface area contributed by atoms with Gasteiger partial charge in [-0.05, 0) is 43.4 Å². The maximum absolute atomic E-state index is 12.6. The molecule has 31 heavy (non-hydrogen) atoms. The van der Waals surface area contributed by atoms with Crippen molar-refractivity contribution in [1.29, 1.82) is 0 Å². The fourth-order valence-electron chi connectivity index (χ4n) is 3.45. The Labute approximate surface area is 186 Å². The smallest absolute Gasteiger partial charge is 0.230 e. The third-order valence-electron chi connectivity index (χ3n) is 5.31. The van der Waals surface area contributed by atoms with Crippen molar-refractivity contribution in [2.75, 3.05) is 20.0 Å². The van der Waals surface area contributed by atoms with E-state index in [1.54, 1.807) is 20.3 Å². The van der Waals surface area contributed by atoms with Gasteiger partial charge in [0.25, 0.3) is 0 Å². The van der Waals surface area contributed by atoms with E-state index in [2.05, 4.69) is 51.7 Å². The predicted molar refractivity (Wildman–Crippen MR) is 120 cm³/mol. The summed E-state index contributed by atoms with van der Waals surface area (Å²) < 4.78 is 10.7. The van der Waals surface area contributed by atoms with Crippen LogP contribution >= 0.6 is 11.8 Å². The Kier molecular flexibility index (Phi) is 6.46. The summed E-state index contributed by atoms with van der Waals surface area (Å²) >= 11 is 1.31. The number of rotatable bonds is 9. The molecule has 7 nitrogen and oxygen atoms in total. The number of carbonyl (C=O) groups excluding carboxylic acids is 1. The Hall–Kier alpha value is -3.00. The molecule has 4 rings (SSSR count). The molecule has 1 aliphatic carbocycles. The normalized spacial score (nSPS) is 14.2. The van der Waals surface area contributed by atoms with Gasteiger partial charge in [0.1, 0.15) is 11.5 Å². The van der Waals surface area contributed by atoms with Crippen molar-refractivity contribution in [3.05, 3.63) is 53.6 Å². The Balaban J connectivity index is 1.38. The van der Waals surface area contributed by atoms with E-state index in [0.717, 1.165) is 18.4 Å². The molecule has 1 saturated carbocycles. The van der Waals surface area contributed by atoms with E-state index >= 15 is 0 Å². The van der Waals surface area contributed by atoms with Crippen LogP contribution in [0.5, 0.6) is 11.5 Å². The highest BCUT2D eigenvalue weighted by molar-refractivity contribution is 7.99. The lowest BCUT2D eigenvalue weighted by atomic mass is 10.0. The van der Waals surface area contributed by atoms with Gasteiger partial charge in [-0.25, -0.2) is 4.98 Å². The summed E-state index contributed by atoms with van der Waals surface area (Å²) in [4.78, 5) is 17.1. The fraction of sp³-hybridized carbons (Fsp3) is 0.348. The van der Waals surface area contributed by atoms with Gasteiger partial charge in [0.2, 0.25) is 11.1 Å². The number of aryl methyl sites for hydroxylation is 1. The zero-order valence-corrected chi connectivity index (χ0v) is 18.7. The minimum atomic E-state index is -0.0177. The molecule has 0 aliphatic heterocycles. The number of aromatic nitrogens is 3. The van der Waals surface area contributed by atoms with Crippen LogP contribution in [0.15, 0.2) is 47.6 Å². The van der Waals surface area contributed by atoms with Crippen molar-refractivity contribution in [3.63, 3.8) is 0 Å². The molecule has 0 spiro atoms. The van der Waals surface area contributed by atoms with E-state index in [-0.39, 0.29) is 17.7 Å². The zero-order chi connectivity index (χ0) is 21.8. The molecule has 1 aromatic heterocycles. The van der Waals surface area contributed by atoms with Crippen molar-refractivity contribution in [1.82, 2.24) is 20.5 Å². The first kappa shape index (κ1) is 21.2. The minimum absolute atomic E-state index is 0.0177. The summed E-state index contributed by atoms with van der Waals surface area (Å²) in [5.41, 5.74) is 3.16. The number of amides is 1. The van der Waals surface area contributed by atoms with Crippen LogP contribution in [0.4, 0.5) is 0 Å². The average molecular weight is 439 g/mol. The van der Waals surface area contributed by atoms with Gasteiger partial charge in [0, 0.05) is 6.07 Å². The molecule has 1 unspecified atom stereocenters. The van der Waals surface area contributed by atoms with E-state index < -0.39 is 0 Å². The monoisotopic (exact) mass is 438 g/mol. The SMILES string of the molecule is COc1ccc(-c2nc(SCC(=O)NC(c3ccc(C)cc3)C3CC3)n[nH]2)c(OC)c1. The maximum Gasteiger partial charge on any atom is 0.230 e. The van der Waals surface area contributed by atoms with Crippen molar-refractivity contribution in [2.24, 2.45) is 5.92 Å². The molecule has 1 aliphatic rings. The molecule has 162 valence electrons. The number of thioether (sulfide) groups is 1. The number of hydrogen-bond acceptors (Lipinski definition) is 6. The summed E-state index contributed by atoms with van der Waals surface area (Å²) in [6, 6.07) is 14.0. The number of ether oxygens (including phenoxy) is 2. The first-order valence-corrected chi connectivity index (χ1v) is 11.2. The van der Waals surface area contributed by atoms with Crippen molar-refractivity contribution >= 4 is 17.7 Å². The summed E-state index contributed by atoms with van der Waals surface area (Å²) in [6.07, 6.45) is 2.31. The van der Waals surface area contributed by atoms with Crippen molar-refractivity contribution in [2.45, 2.75) is 31.0 Å². The van der Waals surface area contributed by atoms with Crippen LogP contribution in [0.3, 0.4) is 0 Å². The lowest BCUT2D eigenvalue weighted by Gasteiger charge is -2.18. The summed E-state index contributed by atoms with van der Waals surface area (Å²) in [6.45, 7) is 2.07. The third kappa shape index (κ3) is 5.19. The molecule has 1 heterocycles. The number of carbonyl (C=O) groups is 1. The summed E-state index contributed by atoms with van der Waals surface area (Å²) in [5.74, 6) is 2.68. The number of nitrogens with zero attached hydrogens (tertiary/aromatic N) is 2. The number of benzene rings is 2. The van der Waals surface area contributed by atoms with E-state index in [1.807, 2.05) is 12.1 Å². The second-order valence-electron chi connectivity index (χ2n) is 7.61. The number of H-pyrrole nitrogens is 1. The molecular formula is C23H26N4O3S. The van der Waals surface area contributed by atoms with Gasteiger partial charge in [-0.1, -0.05) is 41.6 Å². The molecule has 0 radical (unpaired) electrons. The van der Waals surface area contributed by atoms with Gasteiger partial charge in [-0.3, -0.25) is 9.89 Å². The summed E-state index contributed by atoms with van der Waals surface area (Å²) in [5, 5.41) is 10.9. The van der Waals surface area contributed by atoms with Crippen LogP contribution in [0.25, 0.3) is 11.4 Å². The van der Waals surface area contributed by atoms with E-state index in [4.69, 9.17) is 9.47 Å². The van der Waals surface area contributed by atoms with Crippen molar-refractivity contribution in [3.8, 4) is 22.9 Å². The van der Waals surface area contributed by atoms with E-state index in [0.29, 0.717) is 28.4 Å². The molecule has 2 N–H and O–H groups in total. The lowest BCUT2D eigenvalue weighted by molar-refractivity contribution is -0.119. The van der Waals surface area contributed by atoms with Crippen LogP contribution in [0, 0.1) is 12.8 Å². The van der Waals surface area contributed by atoms with E-state index in [1.165, 1.54) is 22.9 Å². The highest BCUT2D eigenvalue weighted by Crippen LogP contribution is 2.41. The fourth-order valence-corrected chi connectivity index (χ4v) is 4.06. The second-order valence-corrected chi connectivity index (χ2v) is 8.56. The molecule has 1 amide bonds. The molecule has 3 aromatic rings. The first-order chi connectivity index (χ1) is 15.1. The van der Waals surface area contributed by atoms with Gasteiger partial charge in [0.15, 0.2) is 5.82 Å². The average Bonchev–Trinajstić information content (AvgIpc) is 3.53. The standard InChI is InChI=1S/C23H26N4O3S/c1-14-4-6-15(7-5-14)21(16-8-9-16)24-20(28)13-31-23-25-22(26-27-23)18-11-10-17(29-2)12-19(18)30-3/h4-7,10-12,16,21H,8-9,13H2,1-3H3,(H,24,28)(H,25,26,27). The highest BCUT2D eigenvalue weighted by atomic mass is 32.2. The Morgan fingerprint density at radius 1 is 1.19 bits per heavy atom. The lowest BCUT2D eigenvalue weighted by Crippen LogP contribution is -2.31. The van der Waals surface area contributed by atoms with Gasteiger partial charge in [0.05, 0.1) is 31.6 Å². The topological polar surface area (TPSA) is 89.1 Å². The maximum atomic E-state index is 12.6. The zero-order valence-electron chi connectivity index (χ0n) is 17.8. The second kappa shape index (κ2) is 9.43. The first-order valence-electron chi connectivity index (χ1n) is 10.2. The van der Waals surface area contributed by atoms with Crippen LogP contribution in [0.1, 0.15) is 30.0 Å². The quantitative estimate of drug-likeness (QED) is 0.488. The van der Waals surface area contributed by atoms with Crippen LogP contribution < -0.4 is 14.8 Å². The Bertz CT molecular complexity index is 1050. The molecule has 0 bridgehead atoms. The summed E-state index contributed by atoms with van der Waals surface area (Å²) in [7, 11) is 3.20. The molecule has 1 atom stereocenters. The van der Waals surface area contributed by atoms with Gasteiger partial charge in [-0.15, -0.1) is 5.10 Å². The number of nitrogens with one attached hydrogen (secondary N) is 2. The highest BCUT2D eigenvalue weighted by Gasteiger charge is 2.33. The number of aromatic amines is 1. The van der Waals surface area contributed by atoms with Gasteiger partial charge in [-0.2, -0.15) is 0 Å². The van der Waals surface area contributed by atoms with Crippen LogP contribution in [-0.2, 0) is 4.79 Å². The number of hydrogen-bond donors (Lipinski definition) is 2. The number of methoxy groups -OCH3 is 2.